The molecule has 0 radical (unpaired) electrons. The first-order chi connectivity index (χ1) is 9.10. The van der Waals surface area contributed by atoms with Crippen LogP contribution in [-0.2, 0) is 20.9 Å². The molecule has 0 rings (SSSR count). The molecule has 1 atom stereocenters. The average molecular weight is 525 g/mol. The minimum atomic E-state index is -3.09. The molecule has 0 fully saturated rings. The second kappa shape index (κ2) is 22.2. The van der Waals surface area contributed by atoms with Crippen molar-refractivity contribution < 1.29 is 46.7 Å². The molecule has 0 aliphatic heterocycles. The van der Waals surface area contributed by atoms with E-state index in [2.05, 4.69) is 34.4 Å². The van der Waals surface area contributed by atoms with Crippen molar-refractivity contribution in [2.24, 2.45) is 0 Å². The Labute approximate surface area is 194 Å². The summed E-state index contributed by atoms with van der Waals surface area (Å²) in [5.41, 5.74) is 0. The van der Waals surface area contributed by atoms with Gasteiger partial charge in [0.1, 0.15) is 4.75 Å². The Hall–Kier alpha value is 1.20. The van der Waals surface area contributed by atoms with E-state index < -0.39 is 30.5 Å². The van der Waals surface area contributed by atoms with Crippen LogP contribution in [0, 0.1) is 24.7 Å². The van der Waals surface area contributed by atoms with Crippen LogP contribution in [-0.4, -0.2) is 44.2 Å². The third kappa shape index (κ3) is 43.6. The maximum Gasteiger partial charge on any atom is 1.00 e. The molecule has 0 aromatic carbocycles. The summed E-state index contributed by atoms with van der Waals surface area (Å²) in [6, 6.07) is 0. The number of terminal acetylenes is 2. The molecule has 4 nitrogen and oxygen atoms in total. The molecule has 0 aliphatic carbocycles. The molecule has 0 aromatic heterocycles. The predicted molar refractivity (Wildman–Crippen MR) is 115 cm³/mol. The molecule has 0 aromatic rings. The molecule has 9 heteroatoms. The fourth-order valence-corrected chi connectivity index (χ4v) is 0.321. The van der Waals surface area contributed by atoms with Crippen LogP contribution in [0.2, 0.25) is 0 Å². The Bertz CT molecular complexity index is 469. The third-order valence-corrected chi connectivity index (χ3v) is 3.70. The van der Waals surface area contributed by atoms with E-state index in [0.29, 0.717) is 0 Å². The Morgan fingerprint density at radius 2 is 1.25 bits per heavy atom. The molecule has 0 bridgehead atoms. The van der Waals surface area contributed by atoms with Crippen LogP contribution in [0.3, 0.4) is 0 Å². The SMILES string of the molecule is C.C.C#CC(C)(C)Cl.C#CC(C)(C)S(C)(=O)=O.CI.CS(=O)[O-].[Na+]. The first-order valence-corrected chi connectivity index (χ1v) is 11.2. The van der Waals surface area contributed by atoms with Gasteiger partial charge in [0.2, 0.25) is 0 Å². The fourth-order valence-electron chi connectivity index (χ4n) is 0.107. The molecule has 0 heterocycles. The first-order valence-electron chi connectivity index (χ1n) is 5.33. The van der Waals surface area contributed by atoms with Crippen molar-refractivity contribution >= 4 is 55.1 Å². The second-order valence-electron chi connectivity index (χ2n) is 4.44. The van der Waals surface area contributed by atoms with Crippen molar-refractivity contribution in [2.45, 2.75) is 52.2 Å². The van der Waals surface area contributed by atoms with Crippen molar-refractivity contribution in [1.29, 1.82) is 0 Å². The van der Waals surface area contributed by atoms with Gasteiger partial charge in [-0.15, -0.1) is 24.4 Å². The average Bonchev–Trinajstić information content (AvgIpc) is 2.29. The summed E-state index contributed by atoms with van der Waals surface area (Å²) in [5, 5.41) is 0. The Balaban J connectivity index is -0.0000000342. The van der Waals surface area contributed by atoms with E-state index in [1.54, 1.807) is 13.8 Å². The molecule has 142 valence electrons. The van der Waals surface area contributed by atoms with Gasteiger partial charge in [-0.2, -0.15) is 0 Å². The van der Waals surface area contributed by atoms with Crippen molar-refractivity contribution in [3.8, 4) is 24.7 Å². The maximum atomic E-state index is 10.7. The van der Waals surface area contributed by atoms with E-state index >= 15 is 0 Å². The molecule has 0 saturated carbocycles. The van der Waals surface area contributed by atoms with Crippen LogP contribution in [0.15, 0.2) is 0 Å². The fraction of sp³-hybridized carbons (Fsp3) is 0.733. The Morgan fingerprint density at radius 1 is 1.08 bits per heavy atom. The van der Waals surface area contributed by atoms with E-state index in [1.807, 2.05) is 4.93 Å². The summed E-state index contributed by atoms with van der Waals surface area (Å²) in [7, 11) is -3.09. The summed E-state index contributed by atoms with van der Waals surface area (Å²) in [6.45, 7) is 6.55. The van der Waals surface area contributed by atoms with Crippen LogP contribution < -0.4 is 29.6 Å². The van der Waals surface area contributed by atoms with Crippen LogP contribution in [0.4, 0.5) is 0 Å². The molecule has 0 N–H and O–H groups in total. The Kier molecular flexibility index (Phi) is 41.3. The summed E-state index contributed by atoms with van der Waals surface area (Å²) in [4.78, 5) is 1.51. The van der Waals surface area contributed by atoms with Gasteiger partial charge in [0.05, 0.1) is 4.87 Å². The number of hydrogen-bond donors (Lipinski definition) is 0. The number of alkyl halides is 2. The molecule has 0 aliphatic rings. The van der Waals surface area contributed by atoms with Crippen molar-refractivity contribution in [3.05, 3.63) is 0 Å². The largest absolute Gasteiger partial charge is 1.00 e. The topological polar surface area (TPSA) is 74.3 Å². The smallest absolute Gasteiger partial charge is 0.773 e. The van der Waals surface area contributed by atoms with Gasteiger partial charge < -0.3 is 4.55 Å². The molecular weight excluding hydrogens is 494 g/mol. The predicted octanol–water partition coefficient (Wildman–Crippen LogP) is 0.903. The normalized spacial score (nSPS) is 10.2. The van der Waals surface area contributed by atoms with Crippen molar-refractivity contribution in [3.63, 3.8) is 0 Å². The summed E-state index contributed by atoms with van der Waals surface area (Å²) >= 11 is 5.77. The van der Waals surface area contributed by atoms with Gasteiger partial charge in [-0.3, -0.25) is 4.21 Å². The van der Waals surface area contributed by atoms with Gasteiger partial charge in [-0.05, 0) is 38.9 Å². The van der Waals surface area contributed by atoms with Gasteiger partial charge in [0.25, 0.3) is 0 Å². The van der Waals surface area contributed by atoms with Crippen molar-refractivity contribution in [1.82, 2.24) is 0 Å². The van der Waals surface area contributed by atoms with Crippen LogP contribution in [0.1, 0.15) is 42.5 Å². The number of sulfone groups is 1. The first kappa shape index (κ1) is 44.6. The van der Waals surface area contributed by atoms with Crippen LogP contribution in [0.25, 0.3) is 0 Å². The van der Waals surface area contributed by atoms with E-state index in [9.17, 15) is 8.42 Å². The zero-order chi connectivity index (χ0) is 18.5. The maximum absolute atomic E-state index is 10.7. The van der Waals surface area contributed by atoms with E-state index in [1.165, 1.54) is 13.8 Å². The minimum Gasteiger partial charge on any atom is -0.773 e. The summed E-state index contributed by atoms with van der Waals surface area (Å²) < 4.78 is 38.5. The molecule has 1 unspecified atom stereocenters. The van der Waals surface area contributed by atoms with Gasteiger partial charge in [0, 0.05) is 6.26 Å². The second-order valence-corrected chi connectivity index (χ2v) is 8.76. The molecule has 0 saturated heterocycles. The minimum absolute atomic E-state index is 0. The van der Waals surface area contributed by atoms with E-state index in [4.69, 9.17) is 33.2 Å². The van der Waals surface area contributed by atoms with Crippen molar-refractivity contribution in [2.75, 3.05) is 17.4 Å². The van der Waals surface area contributed by atoms with Gasteiger partial charge in [0.15, 0.2) is 9.84 Å². The van der Waals surface area contributed by atoms with Gasteiger partial charge in [-0.25, -0.2) is 8.42 Å². The number of halogens is 2. The summed E-state index contributed by atoms with van der Waals surface area (Å²) in [6.07, 6.45) is 12.1. The van der Waals surface area contributed by atoms with Crippen LogP contribution >= 0.6 is 34.2 Å². The molecule has 0 spiro atoms. The standard InChI is InChI=1S/C6H10O2S.C5H7Cl.CH3I.CH4O2S.2CH4.Na/c1-5-6(2,3)9(4,7)8;1-4-5(2,3)6;1-2;1-4(2)3;;;/h1H,2-4H3;1H,2-3H3;1H3;1H3,(H,2,3);2*1H4;/q;;;;;;+1/p-1. The monoisotopic (exact) mass is 524 g/mol. The number of rotatable bonds is 1. The number of hydrogen-bond acceptors (Lipinski definition) is 4. The summed E-state index contributed by atoms with van der Waals surface area (Å²) in [5.74, 6) is 4.56. The molecule has 24 heavy (non-hydrogen) atoms. The Morgan fingerprint density at radius 3 is 1.25 bits per heavy atom. The third-order valence-electron chi connectivity index (χ3n) is 1.62. The molecule has 0 amide bonds. The van der Waals surface area contributed by atoms with Crippen LogP contribution in [0.5, 0.6) is 0 Å². The molecular formula is C15H31ClINaO4S2. The van der Waals surface area contributed by atoms with Gasteiger partial charge >= 0.3 is 29.6 Å². The zero-order valence-electron chi connectivity index (χ0n) is 14.4. The zero-order valence-corrected chi connectivity index (χ0v) is 20.9. The van der Waals surface area contributed by atoms with E-state index in [0.717, 1.165) is 12.5 Å². The quantitative estimate of drug-likeness (QED) is 0.168. The van der Waals surface area contributed by atoms with E-state index in [-0.39, 0.29) is 44.4 Å². The van der Waals surface area contributed by atoms with Gasteiger partial charge in [-0.1, -0.05) is 60.4 Å².